The van der Waals surface area contributed by atoms with E-state index in [4.69, 9.17) is 0 Å². The minimum atomic E-state index is -3.75. The maximum absolute atomic E-state index is 13.6. The van der Waals surface area contributed by atoms with Crippen molar-refractivity contribution in [3.63, 3.8) is 0 Å². The molecule has 9 heteroatoms. The third-order valence-corrected chi connectivity index (χ3v) is 7.72. The van der Waals surface area contributed by atoms with Gasteiger partial charge in [-0.05, 0) is 56.0 Å². The highest BCUT2D eigenvalue weighted by molar-refractivity contribution is 9.10. The van der Waals surface area contributed by atoms with Crippen LogP contribution in [0.2, 0.25) is 0 Å². The number of sulfonamides is 1. The number of benzene rings is 2. The van der Waals surface area contributed by atoms with E-state index in [1.807, 2.05) is 58.0 Å². The molecule has 0 saturated heterocycles. The molecule has 186 valence electrons. The van der Waals surface area contributed by atoms with E-state index in [1.54, 1.807) is 18.2 Å². The molecule has 1 N–H and O–H groups in total. The molecule has 0 heterocycles. The number of aryl methyl sites for hydroxylation is 1. The lowest BCUT2D eigenvalue weighted by Crippen LogP contribution is -2.53. The van der Waals surface area contributed by atoms with Crippen LogP contribution in [0.3, 0.4) is 0 Å². The van der Waals surface area contributed by atoms with Gasteiger partial charge >= 0.3 is 0 Å². The second kappa shape index (κ2) is 12.4. The molecule has 2 aromatic carbocycles. The molecule has 0 bridgehead atoms. The van der Waals surface area contributed by atoms with Crippen molar-refractivity contribution in [2.45, 2.75) is 59.2 Å². The van der Waals surface area contributed by atoms with E-state index in [2.05, 4.69) is 21.2 Å². The van der Waals surface area contributed by atoms with Crippen LogP contribution in [0.4, 0.5) is 5.69 Å². The highest BCUT2D eigenvalue weighted by atomic mass is 79.9. The number of nitrogens with zero attached hydrogens (tertiary/aromatic N) is 2. The van der Waals surface area contributed by atoms with Gasteiger partial charge in [-0.15, -0.1) is 0 Å². The highest BCUT2D eigenvalue weighted by Crippen LogP contribution is 2.25. The summed E-state index contributed by atoms with van der Waals surface area (Å²) in [4.78, 5) is 28.2. The molecular weight excluding hydrogens is 518 g/mol. The molecule has 2 atom stereocenters. The van der Waals surface area contributed by atoms with Crippen LogP contribution in [-0.2, 0) is 26.2 Å². The number of hydrogen-bond acceptors (Lipinski definition) is 4. The summed E-state index contributed by atoms with van der Waals surface area (Å²) < 4.78 is 27.3. The van der Waals surface area contributed by atoms with Crippen LogP contribution in [0, 0.1) is 6.92 Å². The van der Waals surface area contributed by atoms with E-state index in [0.717, 1.165) is 32.6 Å². The van der Waals surface area contributed by atoms with Crippen molar-refractivity contribution in [3.05, 3.63) is 64.1 Å². The molecule has 7 nitrogen and oxygen atoms in total. The Bertz CT molecular complexity index is 1090. The quantitative estimate of drug-likeness (QED) is 0.452. The van der Waals surface area contributed by atoms with Gasteiger partial charge in [0.15, 0.2) is 0 Å². The maximum Gasteiger partial charge on any atom is 0.244 e. The number of nitrogens with one attached hydrogen (secondary N) is 1. The van der Waals surface area contributed by atoms with Gasteiger partial charge in [-0.25, -0.2) is 8.42 Å². The zero-order valence-electron chi connectivity index (χ0n) is 20.4. The number of carbonyl (C=O) groups excluding carboxylic acids is 2. The number of amides is 2. The molecular formula is C25H34BrN3O4S. The minimum Gasteiger partial charge on any atom is -0.352 e. The van der Waals surface area contributed by atoms with Crippen LogP contribution < -0.4 is 9.62 Å². The largest absolute Gasteiger partial charge is 0.352 e. The summed E-state index contributed by atoms with van der Waals surface area (Å²) >= 11 is 3.42. The zero-order chi connectivity index (χ0) is 25.5. The molecule has 0 unspecified atom stereocenters. The fraction of sp³-hybridized carbons (Fsp3) is 0.440. The Kier molecular flexibility index (Phi) is 10.1. The van der Waals surface area contributed by atoms with Crippen molar-refractivity contribution in [1.82, 2.24) is 10.2 Å². The summed E-state index contributed by atoms with van der Waals surface area (Å²) in [5.74, 6) is -0.687. The van der Waals surface area contributed by atoms with Gasteiger partial charge in [0.2, 0.25) is 21.8 Å². The average molecular weight is 553 g/mol. The first-order valence-electron chi connectivity index (χ1n) is 11.4. The van der Waals surface area contributed by atoms with Gasteiger partial charge in [0.1, 0.15) is 12.6 Å². The van der Waals surface area contributed by atoms with Gasteiger partial charge < -0.3 is 10.2 Å². The topological polar surface area (TPSA) is 86.8 Å². The number of anilines is 1. The Morgan fingerprint density at radius 3 is 2.24 bits per heavy atom. The normalized spacial score (nSPS) is 13.1. The maximum atomic E-state index is 13.6. The molecule has 0 radical (unpaired) electrons. The molecule has 0 aliphatic carbocycles. The predicted octanol–water partition coefficient (Wildman–Crippen LogP) is 4.25. The fourth-order valence-corrected chi connectivity index (χ4v) is 4.63. The second-order valence-electron chi connectivity index (χ2n) is 8.45. The third-order valence-electron chi connectivity index (χ3n) is 5.69. The van der Waals surface area contributed by atoms with Gasteiger partial charge in [-0.1, -0.05) is 60.1 Å². The predicted molar refractivity (Wildman–Crippen MR) is 140 cm³/mol. The Balaban J connectivity index is 2.43. The Labute approximate surface area is 211 Å². The molecule has 0 aromatic heterocycles. The Hall–Kier alpha value is -2.39. The summed E-state index contributed by atoms with van der Waals surface area (Å²) in [5, 5.41) is 2.96. The SMILES string of the molecule is CC[C@H](C)NC(=O)[C@H](CC)N(Cc1ccccc1)C(=O)CN(c1ccc(Br)c(C)c1)S(C)(=O)=O. The monoisotopic (exact) mass is 551 g/mol. The fourth-order valence-electron chi connectivity index (χ4n) is 3.54. The summed E-state index contributed by atoms with van der Waals surface area (Å²) in [5.41, 5.74) is 2.10. The second-order valence-corrected chi connectivity index (χ2v) is 11.2. The first-order chi connectivity index (χ1) is 16.0. The molecule has 0 aliphatic rings. The molecule has 2 aromatic rings. The molecule has 0 spiro atoms. The zero-order valence-corrected chi connectivity index (χ0v) is 22.8. The molecule has 34 heavy (non-hydrogen) atoms. The Morgan fingerprint density at radius 2 is 1.71 bits per heavy atom. The molecule has 0 saturated carbocycles. The van der Waals surface area contributed by atoms with Crippen LogP contribution in [0.5, 0.6) is 0 Å². The van der Waals surface area contributed by atoms with E-state index in [1.165, 1.54) is 4.90 Å². The van der Waals surface area contributed by atoms with Gasteiger partial charge in [-0.2, -0.15) is 0 Å². The minimum absolute atomic E-state index is 0.0338. The van der Waals surface area contributed by atoms with Gasteiger partial charge in [0, 0.05) is 17.1 Å². The number of rotatable bonds is 11. The van der Waals surface area contributed by atoms with Crippen molar-refractivity contribution in [2.24, 2.45) is 0 Å². The van der Waals surface area contributed by atoms with Crippen LogP contribution in [0.1, 0.15) is 44.7 Å². The van der Waals surface area contributed by atoms with Crippen LogP contribution in [-0.4, -0.2) is 50.0 Å². The van der Waals surface area contributed by atoms with Crippen LogP contribution >= 0.6 is 15.9 Å². The first kappa shape index (κ1) is 27.9. The summed E-state index contributed by atoms with van der Waals surface area (Å²) in [6.07, 6.45) is 2.24. The summed E-state index contributed by atoms with van der Waals surface area (Å²) in [7, 11) is -3.75. The number of halogens is 1. The van der Waals surface area contributed by atoms with Crippen molar-refractivity contribution in [2.75, 3.05) is 17.1 Å². The van der Waals surface area contributed by atoms with E-state index >= 15 is 0 Å². The summed E-state index contributed by atoms with van der Waals surface area (Å²) in [6.45, 7) is 7.38. The molecule has 0 fully saturated rings. The lowest BCUT2D eigenvalue weighted by atomic mass is 10.1. The van der Waals surface area contributed by atoms with Gasteiger partial charge in [0.25, 0.3) is 0 Å². The first-order valence-corrected chi connectivity index (χ1v) is 14.0. The van der Waals surface area contributed by atoms with E-state index in [-0.39, 0.29) is 18.5 Å². The Morgan fingerprint density at radius 1 is 1.06 bits per heavy atom. The van der Waals surface area contributed by atoms with Crippen LogP contribution in [0.15, 0.2) is 53.0 Å². The van der Waals surface area contributed by atoms with Gasteiger partial charge in [0.05, 0.1) is 11.9 Å². The third kappa shape index (κ3) is 7.56. The van der Waals surface area contributed by atoms with Gasteiger partial charge in [-0.3, -0.25) is 13.9 Å². The van der Waals surface area contributed by atoms with E-state index in [9.17, 15) is 18.0 Å². The average Bonchev–Trinajstić information content (AvgIpc) is 2.78. The van der Waals surface area contributed by atoms with Crippen LogP contribution in [0.25, 0.3) is 0 Å². The lowest BCUT2D eigenvalue weighted by molar-refractivity contribution is -0.140. The van der Waals surface area contributed by atoms with Crippen molar-refractivity contribution in [3.8, 4) is 0 Å². The molecule has 0 aliphatic heterocycles. The standard InChI is InChI=1S/C25H34BrN3O4S/c1-6-19(4)27-25(31)23(7-2)28(16-20-11-9-8-10-12-20)24(30)17-29(34(5,32)33)21-13-14-22(26)18(3)15-21/h8-15,19,23H,6-7,16-17H2,1-5H3,(H,27,31)/t19-,23-/m0/s1. The van der Waals surface area contributed by atoms with Crippen molar-refractivity contribution >= 4 is 43.5 Å². The smallest absolute Gasteiger partial charge is 0.244 e. The summed E-state index contributed by atoms with van der Waals surface area (Å²) in [6, 6.07) is 13.7. The highest BCUT2D eigenvalue weighted by Gasteiger charge is 2.32. The molecule has 2 amide bonds. The van der Waals surface area contributed by atoms with E-state index < -0.39 is 28.5 Å². The van der Waals surface area contributed by atoms with E-state index in [0.29, 0.717) is 12.1 Å². The molecule has 2 rings (SSSR count). The van der Waals surface area contributed by atoms with Crippen molar-refractivity contribution in [1.29, 1.82) is 0 Å². The number of carbonyl (C=O) groups is 2. The number of hydrogen-bond donors (Lipinski definition) is 1. The lowest BCUT2D eigenvalue weighted by Gasteiger charge is -2.33. The van der Waals surface area contributed by atoms with Crippen molar-refractivity contribution < 1.29 is 18.0 Å².